The van der Waals surface area contributed by atoms with Crippen molar-refractivity contribution in [3.63, 3.8) is 0 Å². The van der Waals surface area contributed by atoms with E-state index in [0.717, 1.165) is 36.4 Å². The van der Waals surface area contributed by atoms with E-state index < -0.39 is 23.9 Å². The highest BCUT2D eigenvalue weighted by Gasteiger charge is 2.18. The summed E-state index contributed by atoms with van der Waals surface area (Å²) < 4.78 is 0. The Morgan fingerprint density at radius 1 is 0.577 bits per heavy atom. The first-order valence-electron chi connectivity index (χ1n) is 6.75. The average Bonchev–Trinajstić information content (AvgIpc) is 2.65. The summed E-state index contributed by atoms with van der Waals surface area (Å²) >= 11 is 0. The van der Waals surface area contributed by atoms with E-state index in [1.54, 1.807) is 0 Å². The highest BCUT2D eigenvalue weighted by atomic mass is 17.1. The number of rotatable bonds is 5. The fraction of sp³-hybridized carbons (Fsp3) is 0. The molecule has 0 bridgehead atoms. The number of hydrogen-bond acceptors (Lipinski definition) is 8. The largest absolute Gasteiger partial charge is 0.478 e. The van der Waals surface area contributed by atoms with Gasteiger partial charge < -0.3 is 10.2 Å². The molecule has 0 amide bonds. The van der Waals surface area contributed by atoms with Crippen LogP contribution in [0.5, 0.6) is 0 Å². The summed E-state index contributed by atoms with van der Waals surface area (Å²) in [5, 5.41) is 35.2. The fourth-order valence-corrected chi connectivity index (χ4v) is 2.18. The first-order chi connectivity index (χ1) is 12.3. The number of carbonyl (C=O) groups excluding carboxylic acids is 2. The summed E-state index contributed by atoms with van der Waals surface area (Å²) in [5.41, 5.74) is -1.27. The van der Waals surface area contributed by atoms with Gasteiger partial charge in [0.05, 0.1) is 22.3 Å². The van der Waals surface area contributed by atoms with Crippen LogP contribution in [0, 0.1) is 0 Å². The first kappa shape index (κ1) is 18.6. The molecule has 0 aromatic heterocycles. The third-order valence-corrected chi connectivity index (χ3v) is 3.33. The molecule has 0 heterocycles. The Hall–Kier alpha value is -3.76. The van der Waals surface area contributed by atoms with Crippen molar-refractivity contribution in [2.45, 2.75) is 0 Å². The van der Waals surface area contributed by atoms with Gasteiger partial charge in [0.25, 0.3) is 0 Å². The van der Waals surface area contributed by atoms with Crippen molar-refractivity contribution >= 4 is 23.9 Å². The van der Waals surface area contributed by atoms with E-state index in [2.05, 4.69) is 9.78 Å². The molecule has 0 saturated heterocycles. The normalized spacial score (nSPS) is 10.1. The van der Waals surface area contributed by atoms with Gasteiger partial charge in [0.2, 0.25) is 0 Å². The second-order valence-corrected chi connectivity index (χ2v) is 4.97. The maximum Gasteiger partial charge on any atom is 0.372 e. The first-order valence-corrected chi connectivity index (χ1v) is 6.75. The predicted molar refractivity (Wildman–Crippen MR) is 81.9 cm³/mol. The van der Waals surface area contributed by atoms with Crippen LogP contribution in [0.25, 0.3) is 11.1 Å². The molecule has 0 saturated carbocycles. The highest BCUT2D eigenvalue weighted by Crippen LogP contribution is 2.26. The minimum absolute atomic E-state index is 0.0406. The number of carboxylic acid groups (broad SMARTS) is 2. The van der Waals surface area contributed by atoms with Gasteiger partial charge in [-0.2, -0.15) is 10.5 Å². The van der Waals surface area contributed by atoms with Gasteiger partial charge in [-0.3, -0.25) is 9.78 Å². The number of benzene rings is 2. The van der Waals surface area contributed by atoms with E-state index in [1.807, 2.05) is 0 Å². The number of aromatic carboxylic acids is 2. The van der Waals surface area contributed by atoms with Crippen molar-refractivity contribution in [3.8, 4) is 11.1 Å². The predicted octanol–water partition coefficient (Wildman–Crippen LogP) is 2.01. The quantitative estimate of drug-likeness (QED) is 0.456. The van der Waals surface area contributed by atoms with E-state index in [4.69, 9.17) is 20.7 Å². The zero-order chi connectivity index (χ0) is 19.4. The third-order valence-electron chi connectivity index (χ3n) is 3.33. The Balaban J connectivity index is 2.73. The molecule has 0 atom stereocenters. The van der Waals surface area contributed by atoms with Gasteiger partial charge in [-0.1, -0.05) is 0 Å². The molecule has 0 fully saturated rings. The zero-order valence-electron chi connectivity index (χ0n) is 12.7. The molecular formula is C16H10O10. The minimum Gasteiger partial charge on any atom is -0.478 e. The molecule has 10 heteroatoms. The average molecular weight is 362 g/mol. The van der Waals surface area contributed by atoms with Crippen LogP contribution < -0.4 is 0 Å². The van der Waals surface area contributed by atoms with Crippen LogP contribution in [-0.2, 0) is 9.78 Å². The van der Waals surface area contributed by atoms with Crippen molar-refractivity contribution in [1.29, 1.82) is 0 Å². The summed E-state index contributed by atoms with van der Waals surface area (Å²) in [6.07, 6.45) is 0. The van der Waals surface area contributed by atoms with E-state index in [9.17, 15) is 19.2 Å². The Bertz CT molecular complexity index is 849. The Labute approximate surface area is 144 Å². The summed E-state index contributed by atoms with van der Waals surface area (Å²) in [4.78, 5) is 52.6. The van der Waals surface area contributed by atoms with Gasteiger partial charge >= 0.3 is 23.9 Å². The summed E-state index contributed by atoms with van der Waals surface area (Å²) in [5.74, 6) is -5.27. The van der Waals surface area contributed by atoms with Crippen molar-refractivity contribution in [3.05, 3.63) is 58.7 Å². The van der Waals surface area contributed by atoms with Crippen LogP contribution in [0.2, 0.25) is 0 Å². The lowest BCUT2D eigenvalue weighted by Crippen LogP contribution is -2.08. The Morgan fingerprint density at radius 2 is 0.885 bits per heavy atom. The van der Waals surface area contributed by atoms with Crippen molar-refractivity contribution in [2.75, 3.05) is 0 Å². The van der Waals surface area contributed by atoms with Gasteiger partial charge in [0.15, 0.2) is 0 Å². The Kier molecular flexibility index (Phi) is 5.30. The standard InChI is InChI=1S/C16H10O10/c17-13(18)9-1-7(2-10(5-9)14(19)20)8-3-11(15(21)25-23)6-12(4-8)16(22)26-24/h1-6,23-24H,(H,17,18)(H,19,20). The minimum atomic E-state index is -1.39. The molecule has 2 aromatic carbocycles. The number of hydrogen-bond donors (Lipinski definition) is 4. The molecule has 134 valence electrons. The maximum atomic E-state index is 11.5. The van der Waals surface area contributed by atoms with Gasteiger partial charge in [0.1, 0.15) is 0 Å². The van der Waals surface area contributed by atoms with Crippen molar-refractivity contribution < 1.29 is 49.7 Å². The molecule has 0 aliphatic heterocycles. The highest BCUT2D eigenvalue weighted by molar-refractivity contribution is 5.99. The van der Waals surface area contributed by atoms with Crippen LogP contribution in [0.4, 0.5) is 0 Å². The van der Waals surface area contributed by atoms with Gasteiger partial charge in [0, 0.05) is 0 Å². The van der Waals surface area contributed by atoms with Crippen LogP contribution in [0.1, 0.15) is 41.4 Å². The van der Waals surface area contributed by atoms with Crippen LogP contribution in [0.15, 0.2) is 36.4 Å². The molecule has 2 rings (SSSR count). The molecule has 0 radical (unpaired) electrons. The lowest BCUT2D eigenvalue weighted by molar-refractivity contribution is -0.183. The van der Waals surface area contributed by atoms with Gasteiger partial charge in [-0.15, -0.1) is 0 Å². The number of carbonyl (C=O) groups is 4. The monoisotopic (exact) mass is 362 g/mol. The van der Waals surface area contributed by atoms with Crippen LogP contribution in [-0.4, -0.2) is 44.6 Å². The zero-order valence-corrected chi connectivity index (χ0v) is 12.7. The molecule has 2 aromatic rings. The molecule has 10 nitrogen and oxygen atoms in total. The molecule has 0 aliphatic rings. The molecule has 0 unspecified atom stereocenters. The van der Waals surface area contributed by atoms with E-state index in [-0.39, 0.29) is 33.4 Å². The van der Waals surface area contributed by atoms with Crippen LogP contribution in [0.3, 0.4) is 0 Å². The molecule has 0 spiro atoms. The van der Waals surface area contributed by atoms with Crippen molar-refractivity contribution in [2.24, 2.45) is 0 Å². The molecule has 4 N–H and O–H groups in total. The van der Waals surface area contributed by atoms with E-state index >= 15 is 0 Å². The number of carboxylic acids is 2. The lowest BCUT2D eigenvalue weighted by Gasteiger charge is -2.09. The topological polar surface area (TPSA) is 168 Å². The summed E-state index contributed by atoms with van der Waals surface area (Å²) in [6, 6.07) is 6.36. The van der Waals surface area contributed by atoms with Crippen molar-refractivity contribution in [1.82, 2.24) is 0 Å². The molecular weight excluding hydrogens is 352 g/mol. The second-order valence-electron chi connectivity index (χ2n) is 4.97. The fourth-order valence-electron chi connectivity index (χ4n) is 2.18. The van der Waals surface area contributed by atoms with E-state index in [1.165, 1.54) is 0 Å². The second kappa shape index (κ2) is 7.42. The van der Waals surface area contributed by atoms with Gasteiger partial charge in [-0.05, 0) is 47.5 Å². The summed E-state index contributed by atoms with van der Waals surface area (Å²) in [6.45, 7) is 0. The smallest absolute Gasteiger partial charge is 0.372 e. The maximum absolute atomic E-state index is 11.5. The summed E-state index contributed by atoms with van der Waals surface area (Å²) in [7, 11) is 0. The molecule has 26 heavy (non-hydrogen) atoms. The van der Waals surface area contributed by atoms with Gasteiger partial charge in [-0.25, -0.2) is 19.2 Å². The lowest BCUT2D eigenvalue weighted by atomic mass is 9.96. The SMILES string of the molecule is O=C(O)c1cc(C(=O)O)cc(-c2cc(C(=O)OO)cc(C(=O)OO)c2)c1. The van der Waals surface area contributed by atoms with Crippen LogP contribution >= 0.6 is 0 Å². The van der Waals surface area contributed by atoms with E-state index in [0.29, 0.717) is 0 Å². The molecule has 0 aliphatic carbocycles. The third kappa shape index (κ3) is 3.83. The Morgan fingerprint density at radius 3 is 1.19 bits per heavy atom.